The van der Waals surface area contributed by atoms with Crippen molar-refractivity contribution < 1.29 is 4.79 Å². The van der Waals surface area contributed by atoms with E-state index in [9.17, 15) is 4.79 Å². The minimum absolute atomic E-state index is 0.219. The molecule has 0 aromatic carbocycles. The molecule has 0 radical (unpaired) electrons. The Labute approximate surface area is 46.2 Å². The fourth-order valence-corrected chi connectivity index (χ4v) is 0.715. The number of urea groups is 1. The van der Waals surface area contributed by atoms with E-state index in [-0.39, 0.29) is 12.2 Å². The van der Waals surface area contributed by atoms with Crippen LogP contribution >= 0.6 is 0 Å². The fourth-order valence-electron chi connectivity index (χ4n) is 0.715. The predicted molar refractivity (Wildman–Crippen MR) is 27.5 cm³/mol. The summed E-state index contributed by atoms with van der Waals surface area (Å²) in [6.07, 6.45) is 1.84. The third-order valence-corrected chi connectivity index (χ3v) is 1.26. The molecule has 1 N–H and O–H groups in total. The van der Waals surface area contributed by atoms with Crippen LogP contribution in [0.3, 0.4) is 0 Å². The average molecular weight is 111 g/mol. The highest BCUT2D eigenvalue weighted by molar-refractivity contribution is 5.87. The van der Waals surface area contributed by atoms with Gasteiger partial charge in [0, 0.05) is 0 Å². The van der Waals surface area contributed by atoms with Crippen molar-refractivity contribution in [2.24, 2.45) is 4.99 Å². The molecule has 8 heavy (non-hydrogen) atoms. The molecule has 0 aromatic heterocycles. The summed E-state index contributed by atoms with van der Waals surface area (Å²) in [5.74, 6) is 0. The number of hydrogen-bond donors (Lipinski definition) is 1. The lowest BCUT2D eigenvalue weighted by molar-refractivity contribution is 0.246. The molecule has 2 amide bonds. The quantitative estimate of drug-likeness (QED) is 0.423. The molecule has 0 aromatic rings. The van der Waals surface area contributed by atoms with E-state index in [1.165, 1.54) is 0 Å². The van der Waals surface area contributed by atoms with E-state index < -0.39 is 0 Å². The van der Waals surface area contributed by atoms with Crippen LogP contribution in [0.2, 0.25) is 0 Å². The lowest BCUT2D eigenvalue weighted by atomic mass is 10.7. The van der Waals surface area contributed by atoms with Crippen molar-refractivity contribution in [1.29, 1.82) is 0 Å². The molecule has 42 valence electrons. The first-order valence-electron chi connectivity index (χ1n) is 2.47. The van der Waals surface area contributed by atoms with E-state index >= 15 is 0 Å². The summed E-state index contributed by atoms with van der Waals surface area (Å²) in [5, 5.41) is 2.64. The van der Waals surface area contributed by atoms with Crippen LogP contribution in [0.4, 0.5) is 4.79 Å². The molecule has 4 heteroatoms. The first-order valence-corrected chi connectivity index (χ1v) is 2.47. The highest BCUT2D eigenvalue weighted by atomic mass is 16.2. The van der Waals surface area contributed by atoms with Crippen molar-refractivity contribution in [1.82, 2.24) is 10.2 Å². The van der Waals surface area contributed by atoms with Crippen molar-refractivity contribution in [3.63, 3.8) is 0 Å². The van der Waals surface area contributed by atoms with E-state index in [2.05, 4.69) is 10.3 Å². The van der Waals surface area contributed by atoms with Crippen LogP contribution in [0.25, 0.3) is 0 Å². The van der Waals surface area contributed by atoms with Crippen LogP contribution in [-0.2, 0) is 0 Å². The number of nitrogens with one attached hydrogen (secondary N) is 1. The van der Waals surface area contributed by atoms with Gasteiger partial charge in [-0.2, -0.15) is 4.99 Å². The van der Waals surface area contributed by atoms with Gasteiger partial charge >= 0.3 is 6.03 Å². The van der Waals surface area contributed by atoms with E-state index in [0.29, 0.717) is 0 Å². The Hall–Kier alpha value is -1.06. The van der Waals surface area contributed by atoms with Crippen LogP contribution in [-0.4, -0.2) is 30.0 Å². The Morgan fingerprint density at radius 3 is 3.50 bits per heavy atom. The van der Waals surface area contributed by atoms with Gasteiger partial charge < -0.3 is 10.2 Å². The molecule has 4 nitrogen and oxygen atoms in total. The summed E-state index contributed by atoms with van der Waals surface area (Å²) >= 11 is 0. The Kier molecular flexibility index (Phi) is 0.494. The monoisotopic (exact) mass is 111 g/mol. The van der Waals surface area contributed by atoms with Gasteiger partial charge in [-0.3, -0.25) is 0 Å². The molecule has 1 saturated heterocycles. The number of amides is 2. The first kappa shape index (κ1) is 3.88. The zero-order valence-electron chi connectivity index (χ0n) is 4.16. The van der Waals surface area contributed by atoms with Crippen molar-refractivity contribution in [3.8, 4) is 0 Å². The lowest BCUT2D eigenvalue weighted by Crippen LogP contribution is -2.30. The molecule has 0 spiro atoms. The van der Waals surface area contributed by atoms with E-state index in [0.717, 1.165) is 6.54 Å². The Balaban J connectivity index is 2.21. The molecular weight excluding hydrogens is 106 g/mol. The SMILES string of the molecule is O=C1N=CN2CC2N1. The number of aliphatic imine (C=N–C) groups is 1. The van der Waals surface area contributed by atoms with E-state index in [4.69, 9.17) is 0 Å². The second-order valence-electron chi connectivity index (χ2n) is 1.91. The maximum atomic E-state index is 10.4. The highest BCUT2D eigenvalue weighted by Crippen LogP contribution is 2.13. The molecule has 1 unspecified atom stereocenters. The molecule has 2 heterocycles. The van der Waals surface area contributed by atoms with E-state index in [1.807, 2.05) is 4.90 Å². The lowest BCUT2D eigenvalue weighted by Gasteiger charge is -2.02. The summed E-state index contributed by atoms with van der Waals surface area (Å²) in [4.78, 5) is 15.8. The third-order valence-electron chi connectivity index (χ3n) is 1.26. The van der Waals surface area contributed by atoms with Crippen molar-refractivity contribution in [3.05, 3.63) is 0 Å². The minimum atomic E-state index is -0.219. The van der Waals surface area contributed by atoms with Crippen molar-refractivity contribution >= 4 is 12.4 Å². The normalized spacial score (nSPS) is 31.8. The van der Waals surface area contributed by atoms with Crippen LogP contribution in [0, 0.1) is 0 Å². The summed E-state index contributed by atoms with van der Waals surface area (Å²) in [7, 11) is 0. The molecule has 0 bridgehead atoms. The number of hydrogen-bond acceptors (Lipinski definition) is 2. The van der Waals surface area contributed by atoms with Gasteiger partial charge in [-0.15, -0.1) is 0 Å². The summed E-state index contributed by atoms with van der Waals surface area (Å²) in [6.45, 7) is 0.926. The van der Waals surface area contributed by atoms with Crippen molar-refractivity contribution in [2.45, 2.75) is 6.17 Å². The largest absolute Gasteiger partial charge is 0.343 e. The van der Waals surface area contributed by atoms with Gasteiger partial charge in [0.25, 0.3) is 0 Å². The summed E-state index contributed by atoms with van der Waals surface area (Å²) in [5.41, 5.74) is 0. The molecule has 0 aliphatic carbocycles. The minimum Gasteiger partial charge on any atom is -0.336 e. The van der Waals surface area contributed by atoms with Crippen molar-refractivity contribution in [2.75, 3.05) is 6.54 Å². The maximum Gasteiger partial charge on any atom is 0.343 e. The number of carbonyl (C=O) groups excluding carboxylic acids is 1. The van der Waals surface area contributed by atoms with Gasteiger partial charge in [0.15, 0.2) is 0 Å². The van der Waals surface area contributed by atoms with Crippen LogP contribution in [0.1, 0.15) is 0 Å². The molecule has 1 fully saturated rings. The Morgan fingerprint density at radius 2 is 2.88 bits per heavy atom. The predicted octanol–water partition coefficient (Wildman–Crippen LogP) is -0.620. The Morgan fingerprint density at radius 1 is 2.00 bits per heavy atom. The van der Waals surface area contributed by atoms with Gasteiger partial charge in [-0.25, -0.2) is 4.79 Å². The molecule has 2 aliphatic rings. The van der Waals surface area contributed by atoms with Gasteiger partial charge in [0.1, 0.15) is 6.17 Å². The van der Waals surface area contributed by atoms with Crippen LogP contribution < -0.4 is 5.32 Å². The average Bonchev–Trinajstić information content (AvgIpc) is 2.43. The number of fused-ring (bicyclic) bond motifs is 1. The third kappa shape index (κ3) is 0.395. The molecular formula is C4H5N3O. The van der Waals surface area contributed by atoms with Gasteiger partial charge in [-0.05, 0) is 0 Å². The van der Waals surface area contributed by atoms with Gasteiger partial charge in [0.2, 0.25) is 0 Å². The highest BCUT2D eigenvalue weighted by Gasteiger charge is 2.35. The summed E-state index contributed by atoms with van der Waals surface area (Å²) in [6, 6.07) is -0.219. The van der Waals surface area contributed by atoms with Crippen LogP contribution in [0.15, 0.2) is 4.99 Å². The zero-order chi connectivity index (χ0) is 5.56. The number of carbonyl (C=O) groups is 1. The van der Waals surface area contributed by atoms with E-state index in [1.54, 1.807) is 6.34 Å². The number of nitrogens with zero attached hydrogens (tertiary/aromatic N) is 2. The fraction of sp³-hybridized carbons (Fsp3) is 0.500. The molecule has 2 aliphatic heterocycles. The summed E-state index contributed by atoms with van der Waals surface area (Å²) < 4.78 is 0. The molecule has 2 rings (SSSR count). The zero-order valence-corrected chi connectivity index (χ0v) is 4.16. The Bertz CT molecular complexity index is 165. The van der Waals surface area contributed by atoms with Gasteiger partial charge in [0.05, 0.1) is 12.9 Å². The first-order chi connectivity index (χ1) is 3.86. The number of rotatable bonds is 0. The molecule has 1 atom stereocenters. The van der Waals surface area contributed by atoms with Crippen LogP contribution in [0.5, 0.6) is 0 Å². The topological polar surface area (TPSA) is 44.5 Å². The second-order valence-corrected chi connectivity index (χ2v) is 1.91. The molecule has 0 saturated carbocycles. The van der Waals surface area contributed by atoms with Gasteiger partial charge in [-0.1, -0.05) is 0 Å². The maximum absolute atomic E-state index is 10.4. The smallest absolute Gasteiger partial charge is 0.336 e. The second kappa shape index (κ2) is 1.02. The standard InChI is InChI=1S/C4H5N3O/c8-4-5-2-7-1-3(7)6-4/h2-3H,1H2,(H,6,8).